The third-order valence-electron chi connectivity index (χ3n) is 4.24. The first-order chi connectivity index (χ1) is 9.22. The predicted octanol–water partition coefficient (Wildman–Crippen LogP) is 2.64. The molecular formula is C15H21N3O. The first-order valence-corrected chi connectivity index (χ1v) is 7.16. The van der Waals surface area contributed by atoms with Gasteiger partial charge < -0.3 is 4.98 Å². The van der Waals surface area contributed by atoms with Gasteiger partial charge in [-0.3, -0.25) is 9.47 Å². The van der Waals surface area contributed by atoms with Gasteiger partial charge in [-0.05, 0) is 44.4 Å². The van der Waals surface area contributed by atoms with Crippen LogP contribution >= 0.6 is 0 Å². The lowest BCUT2D eigenvalue weighted by atomic mass is 10.1. The highest BCUT2D eigenvalue weighted by Gasteiger charge is 2.25. The van der Waals surface area contributed by atoms with Gasteiger partial charge in [-0.15, -0.1) is 0 Å². The van der Waals surface area contributed by atoms with Crippen molar-refractivity contribution < 1.29 is 0 Å². The van der Waals surface area contributed by atoms with Gasteiger partial charge in [-0.1, -0.05) is 19.1 Å². The molecule has 1 N–H and O–H groups in total. The normalized spacial score (nSPS) is 21.1. The lowest BCUT2D eigenvalue weighted by molar-refractivity contribution is 0.103. The number of rotatable bonds is 2. The van der Waals surface area contributed by atoms with E-state index in [1.807, 2.05) is 29.7 Å². The molecular weight excluding hydrogens is 238 g/mol. The van der Waals surface area contributed by atoms with Crippen molar-refractivity contribution in [3.8, 4) is 0 Å². The summed E-state index contributed by atoms with van der Waals surface area (Å²) in [6.45, 7) is 6.30. The summed E-state index contributed by atoms with van der Waals surface area (Å²) >= 11 is 0. The molecule has 2 heterocycles. The van der Waals surface area contributed by atoms with E-state index in [0.717, 1.165) is 36.1 Å². The molecule has 0 spiro atoms. The number of aromatic amines is 1. The van der Waals surface area contributed by atoms with Gasteiger partial charge in [-0.2, -0.15) is 0 Å². The zero-order valence-corrected chi connectivity index (χ0v) is 11.6. The molecule has 0 amide bonds. The van der Waals surface area contributed by atoms with Crippen LogP contribution in [0.15, 0.2) is 23.0 Å². The molecule has 1 saturated heterocycles. The molecule has 1 atom stereocenters. The number of aromatic nitrogens is 2. The second kappa shape index (κ2) is 4.85. The van der Waals surface area contributed by atoms with Crippen LogP contribution in [0.2, 0.25) is 0 Å². The number of benzene rings is 1. The maximum atomic E-state index is 12.3. The third kappa shape index (κ3) is 2.00. The van der Waals surface area contributed by atoms with Crippen LogP contribution in [0.25, 0.3) is 11.0 Å². The van der Waals surface area contributed by atoms with E-state index in [9.17, 15) is 4.79 Å². The molecule has 0 radical (unpaired) electrons. The average Bonchev–Trinajstić information content (AvgIpc) is 2.76. The van der Waals surface area contributed by atoms with E-state index < -0.39 is 0 Å². The monoisotopic (exact) mass is 259 g/mol. The Labute approximate surface area is 113 Å². The molecule has 1 aliphatic rings. The Bertz CT molecular complexity index is 640. The summed E-state index contributed by atoms with van der Waals surface area (Å²) in [6.07, 6.45) is 3.71. The summed E-state index contributed by atoms with van der Waals surface area (Å²) < 4.78 is 1.95. The molecule has 1 aromatic heterocycles. The fourth-order valence-corrected chi connectivity index (χ4v) is 3.22. The molecule has 2 aromatic rings. The molecule has 1 fully saturated rings. The van der Waals surface area contributed by atoms with E-state index in [0.29, 0.717) is 0 Å². The standard InChI is InChI=1S/C15H21N3O/c1-3-17-10-5-4-9-13(17)18-12-8-6-7-11(2)14(12)16-15(18)19/h6-8,13H,3-5,9-10H2,1-2H3,(H,16,19). The third-order valence-corrected chi connectivity index (χ3v) is 4.24. The number of hydrogen-bond donors (Lipinski definition) is 1. The minimum atomic E-state index is 0.0228. The number of imidazole rings is 1. The van der Waals surface area contributed by atoms with E-state index in [1.54, 1.807) is 0 Å². The molecule has 0 aliphatic carbocycles. The number of fused-ring (bicyclic) bond motifs is 1. The van der Waals surface area contributed by atoms with Crippen molar-refractivity contribution in [1.82, 2.24) is 14.5 Å². The Morgan fingerprint density at radius 2 is 2.21 bits per heavy atom. The summed E-state index contributed by atoms with van der Waals surface area (Å²) in [5, 5.41) is 0. The maximum absolute atomic E-state index is 12.3. The molecule has 3 rings (SSSR count). The number of hydrogen-bond acceptors (Lipinski definition) is 2. The Morgan fingerprint density at radius 3 is 3.00 bits per heavy atom. The zero-order chi connectivity index (χ0) is 13.4. The number of para-hydroxylation sites is 1. The second-order valence-electron chi connectivity index (χ2n) is 5.37. The van der Waals surface area contributed by atoms with Crippen LogP contribution in [0, 0.1) is 6.92 Å². The number of H-pyrrole nitrogens is 1. The fraction of sp³-hybridized carbons (Fsp3) is 0.533. The zero-order valence-electron chi connectivity index (χ0n) is 11.6. The number of piperidine rings is 1. The van der Waals surface area contributed by atoms with Gasteiger partial charge in [0, 0.05) is 6.54 Å². The van der Waals surface area contributed by atoms with Gasteiger partial charge in [-0.25, -0.2) is 4.79 Å². The molecule has 19 heavy (non-hydrogen) atoms. The number of nitrogens with zero attached hydrogens (tertiary/aromatic N) is 2. The smallest absolute Gasteiger partial charge is 0.305 e. The maximum Gasteiger partial charge on any atom is 0.327 e. The van der Waals surface area contributed by atoms with Gasteiger partial charge in [0.25, 0.3) is 0 Å². The largest absolute Gasteiger partial charge is 0.327 e. The van der Waals surface area contributed by atoms with Gasteiger partial charge >= 0.3 is 5.69 Å². The van der Waals surface area contributed by atoms with Crippen LogP contribution in [0.3, 0.4) is 0 Å². The van der Waals surface area contributed by atoms with Crippen LogP contribution in [0.1, 0.15) is 37.9 Å². The predicted molar refractivity (Wildman–Crippen MR) is 77.4 cm³/mol. The molecule has 1 unspecified atom stereocenters. The highest BCUT2D eigenvalue weighted by molar-refractivity contribution is 5.78. The van der Waals surface area contributed by atoms with Crippen LogP contribution < -0.4 is 5.69 Å². The fourth-order valence-electron chi connectivity index (χ4n) is 3.22. The van der Waals surface area contributed by atoms with E-state index in [-0.39, 0.29) is 11.9 Å². The Balaban J connectivity index is 2.16. The van der Waals surface area contributed by atoms with Gasteiger partial charge in [0.05, 0.1) is 17.2 Å². The molecule has 0 saturated carbocycles. The molecule has 4 heteroatoms. The summed E-state index contributed by atoms with van der Waals surface area (Å²) in [4.78, 5) is 17.8. The van der Waals surface area contributed by atoms with E-state index in [2.05, 4.69) is 16.8 Å². The molecule has 102 valence electrons. The highest BCUT2D eigenvalue weighted by Crippen LogP contribution is 2.27. The Hall–Kier alpha value is -1.55. The average molecular weight is 259 g/mol. The first-order valence-electron chi connectivity index (χ1n) is 7.16. The molecule has 0 bridgehead atoms. The van der Waals surface area contributed by atoms with Crippen molar-refractivity contribution in [2.75, 3.05) is 13.1 Å². The molecule has 1 aromatic carbocycles. The van der Waals surface area contributed by atoms with Crippen LogP contribution in [0.4, 0.5) is 0 Å². The lowest BCUT2D eigenvalue weighted by Gasteiger charge is -2.35. The lowest BCUT2D eigenvalue weighted by Crippen LogP contribution is -2.40. The van der Waals surface area contributed by atoms with Crippen LogP contribution in [0.5, 0.6) is 0 Å². The minimum Gasteiger partial charge on any atom is -0.305 e. The van der Waals surface area contributed by atoms with Crippen molar-refractivity contribution in [2.24, 2.45) is 0 Å². The first kappa shape index (κ1) is 12.5. The molecule has 1 aliphatic heterocycles. The number of aryl methyl sites for hydroxylation is 1. The number of nitrogens with one attached hydrogen (secondary N) is 1. The quantitative estimate of drug-likeness (QED) is 0.900. The minimum absolute atomic E-state index is 0.0228. The Morgan fingerprint density at radius 1 is 1.37 bits per heavy atom. The van der Waals surface area contributed by atoms with Gasteiger partial charge in [0.2, 0.25) is 0 Å². The summed E-state index contributed by atoms with van der Waals surface area (Å²) in [7, 11) is 0. The van der Waals surface area contributed by atoms with Crippen LogP contribution in [-0.4, -0.2) is 27.5 Å². The van der Waals surface area contributed by atoms with Gasteiger partial charge in [0.15, 0.2) is 0 Å². The Kier molecular flexibility index (Phi) is 3.19. The summed E-state index contributed by atoms with van der Waals surface area (Å²) in [5.74, 6) is 0. The van der Waals surface area contributed by atoms with Crippen molar-refractivity contribution in [3.05, 3.63) is 34.2 Å². The topological polar surface area (TPSA) is 41.0 Å². The van der Waals surface area contributed by atoms with Crippen molar-refractivity contribution in [1.29, 1.82) is 0 Å². The van der Waals surface area contributed by atoms with Crippen molar-refractivity contribution >= 4 is 11.0 Å². The SMILES string of the molecule is CCN1CCCCC1n1c(=O)[nH]c2c(C)cccc21. The molecule has 4 nitrogen and oxygen atoms in total. The van der Waals surface area contributed by atoms with E-state index >= 15 is 0 Å². The van der Waals surface area contributed by atoms with Gasteiger partial charge in [0.1, 0.15) is 0 Å². The number of likely N-dealkylation sites (tertiary alicyclic amines) is 1. The summed E-state index contributed by atoms with van der Waals surface area (Å²) in [6, 6.07) is 6.12. The second-order valence-corrected chi connectivity index (χ2v) is 5.37. The highest BCUT2D eigenvalue weighted by atomic mass is 16.1. The van der Waals surface area contributed by atoms with Crippen LogP contribution in [-0.2, 0) is 0 Å². The summed E-state index contributed by atoms with van der Waals surface area (Å²) in [5.41, 5.74) is 3.17. The van der Waals surface area contributed by atoms with E-state index in [1.165, 1.54) is 12.8 Å². The van der Waals surface area contributed by atoms with E-state index in [4.69, 9.17) is 0 Å². The van der Waals surface area contributed by atoms with Crippen molar-refractivity contribution in [2.45, 2.75) is 39.3 Å². The van der Waals surface area contributed by atoms with Crippen molar-refractivity contribution in [3.63, 3.8) is 0 Å².